The summed E-state index contributed by atoms with van der Waals surface area (Å²) >= 11 is 0. The summed E-state index contributed by atoms with van der Waals surface area (Å²) in [5.74, 6) is 0.191. The van der Waals surface area contributed by atoms with Crippen molar-refractivity contribution in [2.45, 2.75) is 39.3 Å². The van der Waals surface area contributed by atoms with E-state index in [0.29, 0.717) is 22.7 Å². The van der Waals surface area contributed by atoms with Gasteiger partial charge in [-0.3, -0.25) is 0 Å². The fourth-order valence-electron chi connectivity index (χ4n) is 4.28. The normalized spacial score (nSPS) is 14.9. The molecule has 0 spiro atoms. The summed E-state index contributed by atoms with van der Waals surface area (Å²) in [6.07, 6.45) is 2.78. The average Bonchev–Trinajstić information content (AvgIpc) is 3.12. The maximum atomic E-state index is 14.9. The molecule has 0 atom stereocenters. The van der Waals surface area contributed by atoms with Gasteiger partial charge in [0.05, 0.1) is 29.1 Å². The van der Waals surface area contributed by atoms with Crippen LogP contribution < -0.4 is 16.0 Å². The Morgan fingerprint density at radius 3 is 2.50 bits per heavy atom. The standard InChI is InChI=1S/C24H26F2N8/c1-13(2)34-14(3)30-22-17(25)7-15(8-19(22)34)21-18(26)10-29-23(32-21)31-20-6-5-16(9-28-20)33-24(4)11-27-12-24/h5-10,13,27,33H,11-12H2,1-4H3,(H,28,29,31,32). The lowest BCUT2D eigenvalue weighted by molar-refractivity contribution is 0.338. The van der Waals surface area contributed by atoms with Gasteiger partial charge in [-0.05, 0) is 52.0 Å². The van der Waals surface area contributed by atoms with E-state index in [4.69, 9.17) is 0 Å². The summed E-state index contributed by atoms with van der Waals surface area (Å²) in [5.41, 5.74) is 2.07. The third-order valence-electron chi connectivity index (χ3n) is 5.94. The Morgan fingerprint density at radius 2 is 1.85 bits per heavy atom. The van der Waals surface area contributed by atoms with E-state index in [1.54, 1.807) is 18.3 Å². The van der Waals surface area contributed by atoms with Crippen LogP contribution in [0.25, 0.3) is 22.3 Å². The van der Waals surface area contributed by atoms with E-state index in [9.17, 15) is 8.78 Å². The number of pyridine rings is 1. The third kappa shape index (κ3) is 4.05. The molecule has 1 aromatic carbocycles. The van der Waals surface area contributed by atoms with E-state index >= 15 is 0 Å². The Bertz CT molecular complexity index is 1360. The molecule has 0 amide bonds. The first-order chi connectivity index (χ1) is 16.2. The van der Waals surface area contributed by atoms with E-state index in [0.717, 1.165) is 25.0 Å². The minimum absolute atomic E-state index is 0.00356. The van der Waals surface area contributed by atoms with Gasteiger partial charge >= 0.3 is 0 Å². The molecule has 0 unspecified atom stereocenters. The zero-order valence-electron chi connectivity index (χ0n) is 19.4. The molecule has 1 fully saturated rings. The molecule has 0 radical (unpaired) electrons. The topological polar surface area (TPSA) is 92.6 Å². The van der Waals surface area contributed by atoms with Crippen LogP contribution in [0.1, 0.15) is 32.6 Å². The fraction of sp³-hybridized carbons (Fsp3) is 0.333. The lowest BCUT2D eigenvalue weighted by Gasteiger charge is -2.40. The predicted octanol–water partition coefficient (Wildman–Crippen LogP) is 4.57. The van der Waals surface area contributed by atoms with Crippen LogP contribution in [0.15, 0.2) is 36.7 Å². The molecule has 1 aliphatic heterocycles. The number of aryl methyl sites for hydroxylation is 1. The summed E-state index contributed by atoms with van der Waals surface area (Å²) in [5, 5.41) is 9.68. The van der Waals surface area contributed by atoms with Crippen molar-refractivity contribution in [1.29, 1.82) is 0 Å². The van der Waals surface area contributed by atoms with E-state index < -0.39 is 11.6 Å². The van der Waals surface area contributed by atoms with Gasteiger partial charge in [-0.2, -0.15) is 0 Å². The molecule has 10 heteroatoms. The molecule has 176 valence electrons. The number of benzene rings is 1. The Labute approximate surface area is 195 Å². The first-order valence-corrected chi connectivity index (χ1v) is 11.2. The smallest absolute Gasteiger partial charge is 0.229 e. The molecule has 4 aromatic rings. The highest BCUT2D eigenvalue weighted by Crippen LogP contribution is 2.30. The summed E-state index contributed by atoms with van der Waals surface area (Å²) in [6, 6.07) is 6.73. The van der Waals surface area contributed by atoms with Gasteiger partial charge in [0.1, 0.15) is 22.9 Å². The molecule has 1 saturated heterocycles. The molecular formula is C24H26F2N8. The first-order valence-electron chi connectivity index (χ1n) is 11.2. The number of aromatic nitrogens is 5. The molecule has 0 saturated carbocycles. The van der Waals surface area contributed by atoms with Gasteiger partial charge in [-0.25, -0.2) is 28.7 Å². The number of imidazole rings is 1. The number of anilines is 3. The third-order valence-corrected chi connectivity index (χ3v) is 5.94. The van der Waals surface area contributed by atoms with E-state index in [-0.39, 0.29) is 28.7 Å². The van der Waals surface area contributed by atoms with Gasteiger partial charge in [0.15, 0.2) is 11.6 Å². The van der Waals surface area contributed by atoms with Crippen LogP contribution in [0.3, 0.4) is 0 Å². The number of hydrogen-bond acceptors (Lipinski definition) is 7. The molecule has 8 nitrogen and oxygen atoms in total. The molecule has 5 rings (SSSR count). The van der Waals surface area contributed by atoms with Crippen LogP contribution in [0.2, 0.25) is 0 Å². The molecule has 4 heterocycles. The van der Waals surface area contributed by atoms with E-state index in [1.165, 1.54) is 6.07 Å². The van der Waals surface area contributed by atoms with Crippen molar-refractivity contribution in [2.75, 3.05) is 23.7 Å². The van der Waals surface area contributed by atoms with Crippen LogP contribution in [-0.4, -0.2) is 43.1 Å². The lowest BCUT2D eigenvalue weighted by atomic mass is 9.95. The number of nitrogens with zero attached hydrogens (tertiary/aromatic N) is 5. The van der Waals surface area contributed by atoms with Crippen LogP contribution >= 0.6 is 0 Å². The second-order valence-corrected chi connectivity index (χ2v) is 9.19. The fourth-order valence-corrected chi connectivity index (χ4v) is 4.28. The van der Waals surface area contributed by atoms with Gasteiger partial charge in [0, 0.05) is 24.7 Å². The second kappa shape index (κ2) is 8.28. The first kappa shape index (κ1) is 22.1. The van der Waals surface area contributed by atoms with E-state index in [1.807, 2.05) is 31.4 Å². The number of rotatable bonds is 6. The predicted molar refractivity (Wildman–Crippen MR) is 128 cm³/mol. The zero-order chi connectivity index (χ0) is 24.0. The highest BCUT2D eigenvalue weighted by Gasteiger charge is 2.31. The summed E-state index contributed by atoms with van der Waals surface area (Å²) in [6.45, 7) is 9.72. The lowest BCUT2D eigenvalue weighted by Crippen LogP contribution is -2.62. The number of hydrogen-bond donors (Lipinski definition) is 3. The molecule has 1 aliphatic rings. The number of fused-ring (bicyclic) bond motifs is 1. The van der Waals surface area contributed by atoms with Crippen LogP contribution in [0.5, 0.6) is 0 Å². The van der Waals surface area contributed by atoms with Crippen molar-refractivity contribution in [1.82, 2.24) is 29.8 Å². The van der Waals surface area contributed by atoms with Crippen molar-refractivity contribution < 1.29 is 8.78 Å². The monoisotopic (exact) mass is 464 g/mol. The van der Waals surface area contributed by atoms with Gasteiger partial charge < -0.3 is 20.5 Å². The Morgan fingerprint density at radius 1 is 1.06 bits per heavy atom. The summed E-state index contributed by atoms with van der Waals surface area (Å²) < 4.78 is 31.5. The van der Waals surface area contributed by atoms with Gasteiger partial charge in [0.25, 0.3) is 0 Å². The largest absolute Gasteiger partial charge is 0.376 e. The minimum Gasteiger partial charge on any atom is -0.376 e. The quantitative estimate of drug-likeness (QED) is 0.385. The van der Waals surface area contributed by atoms with Crippen LogP contribution in [0, 0.1) is 18.6 Å². The second-order valence-electron chi connectivity index (χ2n) is 9.19. The van der Waals surface area contributed by atoms with Crippen LogP contribution in [0.4, 0.5) is 26.2 Å². The summed E-state index contributed by atoms with van der Waals surface area (Å²) in [4.78, 5) is 17.1. The molecule has 3 aromatic heterocycles. The van der Waals surface area contributed by atoms with Crippen molar-refractivity contribution >= 4 is 28.5 Å². The molecule has 0 aliphatic carbocycles. The summed E-state index contributed by atoms with van der Waals surface area (Å²) in [7, 11) is 0. The average molecular weight is 465 g/mol. The Balaban J connectivity index is 1.44. The highest BCUT2D eigenvalue weighted by molar-refractivity contribution is 5.83. The Kier molecular flexibility index (Phi) is 5.40. The number of nitrogens with one attached hydrogen (secondary N) is 3. The maximum Gasteiger partial charge on any atom is 0.229 e. The maximum absolute atomic E-state index is 14.9. The SMILES string of the molecule is Cc1nc2c(F)cc(-c3nc(Nc4ccc(NC5(C)CNC5)cn4)ncc3F)cc2n1C(C)C. The molecule has 34 heavy (non-hydrogen) atoms. The van der Waals surface area contributed by atoms with Gasteiger partial charge in [-0.15, -0.1) is 0 Å². The number of halogens is 2. The van der Waals surface area contributed by atoms with Crippen molar-refractivity contribution in [3.05, 3.63) is 54.1 Å². The highest BCUT2D eigenvalue weighted by atomic mass is 19.1. The van der Waals surface area contributed by atoms with E-state index in [2.05, 4.69) is 42.8 Å². The van der Waals surface area contributed by atoms with Crippen molar-refractivity contribution in [2.24, 2.45) is 0 Å². The molecular weight excluding hydrogens is 438 g/mol. The molecule has 0 bridgehead atoms. The van der Waals surface area contributed by atoms with Gasteiger partial charge in [0.2, 0.25) is 5.95 Å². The van der Waals surface area contributed by atoms with Crippen molar-refractivity contribution in [3.63, 3.8) is 0 Å². The minimum atomic E-state index is -0.647. The molecule has 3 N–H and O–H groups in total. The zero-order valence-corrected chi connectivity index (χ0v) is 19.4. The van der Waals surface area contributed by atoms with Crippen molar-refractivity contribution in [3.8, 4) is 11.3 Å². The Hall–Kier alpha value is -3.66. The van der Waals surface area contributed by atoms with Crippen LogP contribution in [-0.2, 0) is 0 Å². The van der Waals surface area contributed by atoms with Gasteiger partial charge in [-0.1, -0.05) is 0 Å².